The summed E-state index contributed by atoms with van der Waals surface area (Å²) in [6.07, 6.45) is 2.62. The van der Waals surface area contributed by atoms with Crippen LogP contribution in [0, 0.1) is 0 Å². The molecule has 8 heteroatoms. The van der Waals surface area contributed by atoms with Gasteiger partial charge in [0.2, 0.25) is 5.91 Å². The molecule has 1 fully saturated rings. The van der Waals surface area contributed by atoms with Gasteiger partial charge in [0.15, 0.2) is 0 Å². The smallest absolute Gasteiger partial charge is 0.233 e. The highest BCUT2D eigenvalue weighted by atomic mass is 35.5. The lowest BCUT2D eigenvalue weighted by molar-refractivity contribution is -0.136. The summed E-state index contributed by atoms with van der Waals surface area (Å²) in [6, 6.07) is 13.4. The van der Waals surface area contributed by atoms with Gasteiger partial charge in [-0.25, -0.2) is 0 Å². The number of nitrogens with one attached hydrogen (secondary N) is 1. The molecule has 35 heavy (non-hydrogen) atoms. The van der Waals surface area contributed by atoms with Crippen LogP contribution in [-0.2, 0) is 21.5 Å². The van der Waals surface area contributed by atoms with Crippen molar-refractivity contribution in [3.05, 3.63) is 68.7 Å². The second kappa shape index (κ2) is 12.6. The van der Waals surface area contributed by atoms with Crippen LogP contribution in [0.15, 0.2) is 42.5 Å². The average Bonchev–Trinajstić information content (AvgIpc) is 2.83. The third kappa shape index (κ3) is 7.68. The number of Topliss-reactive ketones (excluding diaryl/α,β-unsaturated/α-hetero) is 1. The normalized spacial score (nSPS) is 16.6. The zero-order valence-corrected chi connectivity index (χ0v) is 22.9. The van der Waals surface area contributed by atoms with Gasteiger partial charge in [0.05, 0.1) is 22.0 Å². The summed E-state index contributed by atoms with van der Waals surface area (Å²) in [6.45, 7) is 7.13. The highest BCUT2D eigenvalue weighted by Gasteiger charge is 2.38. The number of piperidine rings is 1. The Labute approximate surface area is 223 Å². The van der Waals surface area contributed by atoms with Crippen molar-refractivity contribution < 1.29 is 9.59 Å². The first kappa shape index (κ1) is 27.9. The molecule has 2 aromatic carbocycles. The minimum Gasteiger partial charge on any atom is -0.341 e. The number of carbonyl (C=O) groups is 2. The lowest BCUT2D eigenvalue weighted by Gasteiger charge is -2.37. The summed E-state index contributed by atoms with van der Waals surface area (Å²) in [5, 5.41) is 4.90. The number of hydrogen-bond donors (Lipinski definition) is 1. The molecule has 0 aliphatic carbocycles. The van der Waals surface area contributed by atoms with Gasteiger partial charge in [0.1, 0.15) is 5.78 Å². The molecule has 0 aromatic heterocycles. The number of ketones is 1. The number of benzene rings is 2. The van der Waals surface area contributed by atoms with Crippen molar-refractivity contribution in [3.63, 3.8) is 0 Å². The molecule has 0 saturated carbocycles. The summed E-state index contributed by atoms with van der Waals surface area (Å²) in [5.74, 6) is 0.180. The van der Waals surface area contributed by atoms with Crippen molar-refractivity contribution in [3.8, 4) is 0 Å². The average molecular weight is 539 g/mol. The van der Waals surface area contributed by atoms with Crippen molar-refractivity contribution in [1.82, 2.24) is 15.1 Å². The molecule has 1 aliphatic heterocycles. The van der Waals surface area contributed by atoms with Crippen LogP contribution in [0.2, 0.25) is 15.1 Å². The fourth-order valence-corrected chi connectivity index (χ4v) is 5.16. The Hall–Kier alpha value is -1.63. The molecule has 1 N–H and O–H groups in total. The fraction of sp³-hybridized carbons (Fsp3) is 0.481. The zero-order chi connectivity index (χ0) is 25.6. The van der Waals surface area contributed by atoms with Crippen molar-refractivity contribution in [1.29, 1.82) is 0 Å². The monoisotopic (exact) mass is 537 g/mol. The second-order valence-corrected chi connectivity index (χ2v) is 11.0. The van der Waals surface area contributed by atoms with Crippen molar-refractivity contribution in [2.45, 2.75) is 51.1 Å². The van der Waals surface area contributed by atoms with E-state index in [1.165, 1.54) is 0 Å². The van der Waals surface area contributed by atoms with Gasteiger partial charge in [-0.05, 0) is 88.1 Å². The van der Waals surface area contributed by atoms with Gasteiger partial charge in [-0.15, -0.1) is 0 Å². The lowest BCUT2D eigenvalue weighted by Crippen LogP contribution is -2.47. The predicted molar refractivity (Wildman–Crippen MR) is 145 cm³/mol. The van der Waals surface area contributed by atoms with Gasteiger partial charge in [-0.1, -0.05) is 53.0 Å². The summed E-state index contributed by atoms with van der Waals surface area (Å²) in [4.78, 5) is 29.3. The van der Waals surface area contributed by atoms with E-state index >= 15 is 0 Å². The Bertz CT molecular complexity index is 1040. The molecule has 1 atom stereocenters. The van der Waals surface area contributed by atoms with E-state index in [4.69, 9.17) is 34.8 Å². The van der Waals surface area contributed by atoms with Gasteiger partial charge in [-0.2, -0.15) is 0 Å². The number of carbonyl (C=O) groups excluding carboxylic acids is 2. The third-order valence-corrected chi connectivity index (χ3v) is 7.81. The quantitative estimate of drug-likeness (QED) is 0.428. The highest BCUT2D eigenvalue weighted by molar-refractivity contribution is 6.42. The summed E-state index contributed by atoms with van der Waals surface area (Å²) < 4.78 is 0. The lowest BCUT2D eigenvalue weighted by atomic mass is 9.77. The number of likely N-dealkylation sites (tertiary alicyclic amines) is 1. The Kier molecular flexibility index (Phi) is 10.0. The SMILES string of the molecule is CC(=O)CNC1CCN(CCC(C)(C(=O)N(C)Cc2cccc(Cl)c2)c2ccc(Cl)c(Cl)c2)CC1. The molecule has 0 radical (unpaired) electrons. The van der Waals surface area contributed by atoms with Crippen LogP contribution in [0.25, 0.3) is 0 Å². The largest absolute Gasteiger partial charge is 0.341 e. The maximum absolute atomic E-state index is 13.9. The third-order valence-electron chi connectivity index (χ3n) is 6.84. The zero-order valence-electron chi connectivity index (χ0n) is 20.6. The highest BCUT2D eigenvalue weighted by Crippen LogP contribution is 2.35. The molecule has 1 aliphatic rings. The molecule has 0 bridgehead atoms. The fourth-order valence-electron chi connectivity index (χ4n) is 4.65. The Morgan fingerprint density at radius 3 is 2.43 bits per heavy atom. The molecule has 1 unspecified atom stereocenters. The number of hydrogen-bond acceptors (Lipinski definition) is 4. The Morgan fingerprint density at radius 2 is 1.80 bits per heavy atom. The number of likely N-dealkylation sites (N-methyl/N-ethyl adjacent to an activating group) is 1. The van der Waals surface area contributed by atoms with E-state index in [9.17, 15) is 9.59 Å². The van der Waals surface area contributed by atoms with E-state index in [-0.39, 0.29) is 11.7 Å². The van der Waals surface area contributed by atoms with E-state index in [2.05, 4.69) is 10.2 Å². The summed E-state index contributed by atoms with van der Waals surface area (Å²) >= 11 is 18.7. The maximum atomic E-state index is 13.9. The van der Waals surface area contributed by atoms with E-state index in [0.717, 1.165) is 43.6 Å². The van der Waals surface area contributed by atoms with E-state index < -0.39 is 5.41 Å². The molecule has 190 valence electrons. The molecule has 1 saturated heterocycles. The predicted octanol–water partition coefficient (Wildman–Crippen LogP) is 5.60. The molecule has 1 amide bonds. The van der Waals surface area contributed by atoms with Gasteiger partial charge < -0.3 is 15.1 Å². The molecule has 3 rings (SSSR count). The van der Waals surface area contributed by atoms with Gasteiger partial charge >= 0.3 is 0 Å². The van der Waals surface area contributed by atoms with E-state index in [1.807, 2.05) is 50.4 Å². The number of nitrogens with zero attached hydrogens (tertiary/aromatic N) is 2. The van der Waals surface area contributed by atoms with Crippen molar-refractivity contribution >= 4 is 46.5 Å². The molecular formula is C27H34Cl3N3O2. The first-order valence-corrected chi connectivity index (χ1v) is 13.1. The van der Waals surface area contributed by atoms with Crippen LogP contribution in [0.1, 0.15) is 44.2 Å². The van der Waals surface area contributed by atoms with Crippen molar-refractivity contribution in [2.75, 3.05) is 33.2 Å². The van der Waals surface area contributed by atoms with Crippen LogP contribution in [0.5, 0.6) is 0 Å². The summed E-state index contributed by atoms with van der Waals surface area (Å²) in [7, 11) is 1.82. The minimum absolute atomic E-state index is 0.0221. The molecular weight excluding hydrogens is 505 g/mol. The molecule has 0 spiro atoms. The van der Waals surface area contributed by atoms with Gasteiger partial charge in [0, 0.05) is 24.7 Å². The summed E-state index contributed by atoms with van der Waals surface area (Å²) in [5.41, 5.74) is 1.06. The first-order chi connectivity index (χ1) is 16.6. The second-order valence-electron chi connectivity index (χ2n) is 9.70. The Morgan fingerprint density at radius 1 is 1.09 bits per heavy atom. The number of halogens is 3. The topological polar surface area (TPSA) is 52.7 Å². The minimum atomic E-state index is -0.773. The van der Waals surface area contributed by atoms with Crippen LogP contribution in [-0.4, -0.2) is 60.8 Å². The van der Waals surface area contributed by atoms with Gasteiger partial charge in [0.25, 0.3) is 0 Å². The maximum Gasteiger partial charge on any atom is 0.233 e. The molecule has 2 aromatic rings. The van der Waals surface area contributed by atoms with Crippen LogP contribution >= 0.6 is 34.8 Å². The molecule has 5 nitrogen and oxygen atoms in total. The van der Waals surface area contributed by atoms with E-state index in [0.29, 0.717) is 40.6 Å². The van der Waals surface area contributed by atoms with Crippen LogP contribution in [0.4, 0.5) is 0 Å². The Balaban J connectivity index is 1.73. The number of amides is 1. The van der Waals surface area contributed by atoms with Crippen LogP contribution in [0.3, 0.4) is 0 Å². The van der Waals surface area contributed by atoms with Crippen molar-refractivity contribution in [2.24, 2.45) is 0 Å². The van der Waals surface area contributed by atoms with Gasteiger partial charge in [-0.3, -0.25) is 9.59 Å². The molecule has 1 heterocycles. The van der Waals surface area contributed by atoms with Crippen LogP contribution < -0.4 is 5.32 Å². The first-order valence-electron chi connectivity index (χ1n) is 12.0. The van der Waals surface area contributed by atoms with E-state index in [1.54, 1.807) is 17.9 Å². The standard InChI is InChI=1S/C27H34Cl3N3O2/c1-19(34)17-31-23-9-12-33(13-10-23)14-11-27(2,21-7-8-24(29)25(30)16-21)26(35)32(3)18-20-5-4-6-22(28)15-20/h4-8,15-16,23,31H,9-14,17-18H2,1-3H3. The number of rotatable bonds is 10.